The molecule has 0 N–H and O–H groups in total. The molecule has 1 aromatic rings. The van der Waals surface area contributed by atoms with E-state index >= 15 is 0 Å². The molecular weight excluding hydrogens is 286 g/mol. The smallest absolute Gasteiger partial charge is 0.0739 e. The lowest BCUT2D eigenvalue weighted by Gasteiger charge is -2.32. The molecule has 1 aliphatic rings. The van der Waals surface area contributed by atoms with Crippen molar-refractivity contribution in [2.24, 2.45) is 7.05 Å². The molecule has 1 saturated heterocycles. The van der Waals surface area contributed by atoms with E-state index in [0.717, 1.165) is 12.2 Å². The summed E-state index contributed by atoms with van der Waals surface area (Å²) >= 11 is 5.69. The summed E-state index contributed by atoms with van der Waals surface area (Å²) in [5, 5.41) is 4.44. The molecule has 1 atom stereocenters. The van der Waals surface area contributed by atoms with Crippen LogP contribution in [0.4, 0.5) is 0 Å². The number of hydrogen-bond donors (Lipinski definition) is 0. The number of hydrogen-bond acceptors (Lipinski definition) is 3. The summed E-state index contributed by atoms with van der Waals surface area (Å²) in [4.78, 5) is 2.54. The zero-order valence-electron chi connectivity index (χ0n) is 10.0. The van der Waals surface area contributed by atoms with Gasteiger partial charge in [-0.2, -0.15) is 16.9 Å². The van der Waals surface area contributed by atoms with Crippen LogP contribution in [0.25, 0.3) is 0 Å². The second-order valence-electron chi connectivity index (χ2n) is 4.36. The molecule has 0 spiro atoms. The highest BCUT2D eigenvalue weighted by atomic mass is 79.9. The fourth-order valence-corrected chi connectivity index (χ4v) is 3.58. The van der Waals surface area contributed by atoms with Gasteiger partial charge in [-0.1, -0.05) is 0 Å². The van der Waals surface area contributed by atoms with Crippen LogP contribution in [-0.2, 0) is 13.6 Å². The van der Waals surface area contributed by atoms with Gasteiger partial charge in [0.25, 0.3) is 0 Å². The molecule has 1 aromatic heterocycles. The Morgan fingerprint density at radius 1 is 1.56 bits per heavy atom. The van der Waals surface area contributed by atoms with Crippen molar-refractivity contribution in [1.82, 2.24) is 14.7 Å². The van der Waals surface area contributed by atoms with Crippen LogP contribution >= 0.6 is 27.7 Å². The van der Waals surface area contributed by atoms with E-state index in [1.165, 1.54) is 28.2 Å². The normalized spacial score (nSPS) is 22.6. The first kappa shape index (κ1) is 12.5. The highest BCUT2D eigenvalue weighted by Crippen LogP contribution is 2.24. The van der Waals surface area contributed by atoms with Crippen LogP contribution in [0.15, 0.2) is 4.47 Å². The monoisotopic (exact) mass is 303 g/mol. The highest BCUT2D eigenvalue weighted by molar-refractivity contribution is 9.10. The average molecular weight is 304 g/mol. The van der Waals surface area contributed by atoms with Crippen molar-refractivity contribution < 1.29 is 0 Å². The summed E-state index contributed by atoms with van der Waals surface area (Å²) in [7, 11) is 2.02. The Balaban J connectivity index is 2.13. The van der Waals surface area contributed by atoms with Gasteiger partial charge in [0, 0.05) is 37.7 Å². The number of nitrogens with zero attached hydrogens (tertiary/aromatic N) is 3. The Hall–Kier alpha value is -0.000000000000000111. The topological polar surface area (TPSA) is 21.1 Å². The van der Waals surface area contributed by atoms with Gasteiger partial charge in [-0.05, 0) is 29.8 Å². The SMILES string of the molecule is Cc1nn(C)c(CN2CCSCC2C)c1Br. The molecule has 0 aliphatic carbocycles. The summed E-state index contributed by atoms with van der Waals surface area (Å²) in [6, 6.07) is 0.667. The summed E-state index contributed by atoms with van der Waals surface area (Å²) in [6.45, 7) is 6.54. The van der Waals surface area contributed by atoms with Crippen molar-refractivity contribution in [2.45, 2.75) is 26.4 Å². The highest BCUT2D eigenvalue weighted by Gasteiger charge is 2.21. The lowest BCUT2D eigenvalue weighted by Crippen LogP contribution is -2.40. The molecule has 1 unspecified atom stereocenters. The maximum absolute atomic E-state index is 4.44. The minimum absolute atomic E-state index is 0.667. The fourth-order valence-electron chi connectivity index (χ4n) is 2.04. The Bertz CT molecular complexity index is 378. The summed E-state index contributed by atoms with van der Waals surface area (Å²) in [6.07, 6.45) is 0. The van der Waals surface area contributed by atoms with Gasteiger partial charge in [0.2, 0.25) is 0 Å². The van der Waals surface area contributed by atoms with Gasteiger partial charge in [-0.25, -0.2) is 0 Å². The van der Waals surface area contributed by atoms with Crippen molar-refractivity contribution >= 4 is 27.7 Å². The van der Waals surface area contributed by atoms with Crippen LogP contribution in [-0.4, -0.2) is 38.8 Å². The molecule has 0 saturated carbocycles. The average Bonchev–Trinajstić information content (AvgIpc) is 2.48. The second-order valence-corrected chi connectivity index (χ2v) is 6.31. The van der Waals surface area contributed by atoms with Gasteiger partial charge < -0.3 is 0 Å². The molecule has 0 amide bonds. The van der Waals surface area contributed by atoms with Crippen LogP contribution < -0.4 is 0 Å². The van der Waals surface area contributed by atoms with Gasteiger partial charge in [-0.15, -0.1) is 0 Å². The van der Waals surface area contributed by atoms with E-state index in [1.807, 2.05) is 18.7 Å². The van der Waals surface area contributed by atoms with E-state index in [4.69, 9.17) is 0 Å². The lowest BCUT2D eigenvalue weighted by atomic mass is 10.2. The van der Waals surface area contributed by atoms with Crippen molar-refractivity contribution in [3.8, 4) is 0 Å². The number of aryl methyl sites for hydroxylation is 2. The largest absolute Gasteiger partial charge is 0.293 e. The van der Waals surface area contributed by atoms with Crippen LogP contribution in [0, 0.1) is 6.92 Å². The lowest BCUT2D eigenvalue weighted by molar-refractivity contribution is 0.218. The molecule has 16 heavy (non-hydrogen) atoms. The molecular formula is C11H18BrN3S. The predicted molar refractivity (Wildman–Crippen MR) is 72.8 cm³/mol. The van der Waals surface area contributed by atoms with E-state index < -0.39 is 0 Å². The zero-order chi connectivity index (χ0) is 11.7. The van der Waals surface area contributed by atoms with Crippen LogP contribution in [0.1, 0.15) is 18.3 Å². The maximum Gasteiger partial charge on any atom is 0.0739 e. The van der Waals surface area contributed by atoms with Crippen LogP contribution in [0.5, 0.6) is 0 Å². The Kier molecular flexibility index (Phi) is 3.97. The third-order valence-corrected chi connectivity index (χ3v) is 5.34. The van der Waals surface area contributed by atoms with Crippen molar-refractivity contribution in [3.05, 3.63) is 15.9 Å². The predicted octanol–water partition coefficient (Wildman–Crippen LogP) is 2.43. The first-order valence-corrected chi connectivity index (χ1v) is 7.54. The Labute approximate surface area is 110 Å². The number of thioether (sulfide) groups is 1. The van der Waals surface area contributed by atoms with Gasteiger partial charge in [0.15, 0.2) is 0 Å². The van der Waals surface area contributed by atoms with Gasteiger partial charge in [0.05, 0.1) is 15.9 Å². The molecule has 5 heteroatoms. The molecule has 1 aliphatic heterocycles. The maximum atomic E-state index is 4.44. The number of halogens is 1. The zero-order valence-corrected chi connectivity index (χ0v) is 12.4. The van der Waals surface area contributed by atoms with E-state index in [-0.39, 0.29) is 0 Å². The van der Waals surface area contributed by atoms with Crippen molar-refractivity contribution in [1.29, 1.82) is 0 Å². The third-order valence-electron chi connectivity index (χ3n) is 3.12. The summed E-state index contributed by atoms with van der Waals surface area (Å²) in [5.74, 6) is 2.49. The van der Waals surface area contributed by atoms with Gasteiger partial charge in [-0.3, -0.25) is 9.58 Å². The van der Waals surface area contributed by atoms with E-state index in [9.17, 15) is 0 Å². The first-order chi connectivity index (χ1) is 7.59. The Morgan fingerprint density at radius 3 is 2.88 bits per heavy atom. The molecule has 0 radical (unpaired) electrons. The van der Waals surface area contributed by atoms with E-state index in [1.54, 1.807) is 0 Å². The summed E-state index contributed by atoms with van der Waals surface area (Å²) < 4.78 is 3.16. The minimum Gasteiger partial charge on any atom is -0.293 e. The number of rotatable bonds is 2. The number of aromatic nitrogens is 2. The van der Waals surface area contributed by atoms with Gasteiger partial charge in [0.1, 0.15) is 0 Å². The molecule has 1 fully saturated rings. The van der Waals surface area contributed by atoms with Crippen LogP contribution in [0.2, 0.25) is 0 Å². The van der Waals surface area contributed by atoms with Gasteiger partial charge >= 0.3 is 0 Å². The molecule has 2 heterocycles. The van der Waals surface area contributed by atoms with Crippen molar-refractivity contribution in [2.75, 3.05) is 18.1 Å². The Morgan fingerprint density at radius 2 is 2.31 bits per heavy atom. The van der Waals surface area contributed by atoms with E-state index in [2.05, 4.69) is 44.6 Å². The fraction of sp³-hybridized carbons (Fsp3) is 0.727. The molecule has 3 nitrogen and oxygen atoms in total. The minimum atomic E-state index is 0.667. The van der Waals surface area contributed by atoms with Crippen molar-refractivity contribution in [3.63, 3.8) is 0 Å². The third kappa shape index (κ3) is 2.46. The summed E-state index contributed by atoms with van der Waals surface area (Å²) in [5.41, 5.74) is 2.37. The first-order valence-electron chi connectivity index (χ1n) is 5.59. The standard InChI is InChI=1S/C11H18BrN3S/c1-8-7-16-5-4-15(8)6-10-11(12)9(2)13-14(10)3/h8H,4-7H2,1-3H3. The van der Waals surface area contributed by atoms with E-state index in [0.29, 0.717) is 6.04 Å². The molecule has 0 bridgehead atoms. The molecule has 2 rings (SSSR count). The quantitative estimate of drug-likeness (QED) is 0.837. The molecule has 90 valence electrons. The molecule has 0 aromatic carbocycles. The van der Waals surface area contributed by atoms with Crippen LogP contribution in [0.3, 0.4) is 0 Å². The second kappa shape index (κ2) is 5.10.